The minimum atomic E-state index is -0.0156. The van der Waals surface area contributed by atoms with Gasteiger partial charge in [-0.25, -0.2) is 0 Å². The molecule has 0 spiro atoms. The summed E-state index contributed by atoms with van der Waals surface area (Å²) >= 11 is 6.11. The minimum Gasteiger partial charge on any atom is -0.393 e. The van der Waals surface area contributed by atoms with E-state index in [0.29, 0.717) is 5.38 Å². The van der Waals surface area contributed by atoms with Crippen LogP contribution in [0.3, 0.4) is 0 Å². The summed E-state index contributed by atoms with van der Waals surface area (Å²) in [5.74, 6) is 1.60. The zero-order chi connectivity index (χ0) is 8.55. The number of hydrogen-bond donors (Lipinski definition) is 1. The van der Waals surface area contributed by atoms with E-state index in [-0.39, 0.29) is 6.10 Å². The molecule has 0 saturated heterocycles. The third kappa shape index (κ3) is 1.77. The van der Waals surface area contributed by atoms with E-state index in [1.54, 1.807) is 0 Å². The number of aliphatic hydroxyl groups excluding tert-OH is 1. The van der Waals surface area contributed by atoms with Gasteiger partial charge in [-0.3, -0.25) is 0 Å². The molecule has 2 saturated carbocycles. The molecule has 0 heterocycles. The predicted molar refractivity (Wildman–Crippen MR) is 50.3 cm³/mol. The summed E-state index contributed by atoms with van der Waals surface area (Å²) in [6.45, 7) is 0. The molecule has 2 unspecified atom stereocenters. The van der Waals surface area contributed by atoms with Gasteiger partial charge in [-0.15, -0.1) is 11.6 Å². The van der Waals surface area contributed by atoms with E-state index in [1.165, 1.54) is 19.3 Å². The van der Waals surface area contributed by atoms with Crippen molar-refractivity contribution < 1.29 is 5.11 Å². The first-order chi connectivity index (χ1) is 5.75. The maximum atomic E-state index is 9.48. The van der Waals surface area contributed by atoms with Crippen LogP contribution in [0.1, 0.15) is 38.5 Å². The maximum Gasteiger partial charge on any atom is 0.0543 e. The van der Waals surface area contributed by atoms with Gasteiger partial charge in [-0.1, -0.05) is 0 Å². The molecule has 70 valence electrons. The van der Waals surface area contributed by atoms with Gasteiger partial charge in [-0.05, 0) is 50.4 Å². The van der Waals surface area contributed by atoms with Crippen molar-refractivity contribution in [3.05, 3.63) is 0 Å². The zero-order valence-electron chi connectivity index (χ0n) is 7.38. The van der Waals surface area contributed by atoms with E-state index >= 15 is 0 Å². The quantitative estimate of drug-likeness (QED) is 0.580. The summed E-state index contributed by atoms with van der Waals surface area (Å²) < 4.78 is 0. The van der Waals surface area contributed by atoms with Gasteiger partial charge in [0.15, 0.2) is 0 Å². The third-order valence-corrected chi connectivity index (χ3v) is 3.92. The van der Waals surface area contributed by atoms with Crippen LogP contribution in [0, 0.1) is 11.8 Å². The van der Waals surface area contributed by atoms with Crippen molar-refractivity contribution in [3.63, 3.8) is 0 Å². The summed E-state index contributed by atoms with van der Waals surface area (Å²) in [6, 6.07) is 0. The first-order valence-corrected chi connectivity index (χ1v) is 5.51. The van der Waals surface area contributed by atoms with Crippen molar-refractivity contribution in [3.8, 4) is 0 Å². The fourth-order valence-electron chi connectivity index (χ4n) is 2.81. The number of hydrogen-bond acceptors (Lipinski definition) is 1. The molecule has 2 aliphatic rings. The predicted octanol–water partition coefficient (Wildman–Crippen LogP) is 2.55. The molecule has 0 aromatic heterocycles. The molecule has 0 aliphatic heterocycles. The standard InChI is InChI=1S/C10H17ClO/c11-9-3-1-8-6-10(12)4-2-7(8)5-9/h7-10,12H,1-6H2/t7?,8?,9-,10+/m1/s1. The van der Waals surface area contributed by atoms with Crippen LogP contribution in [0.25, 0.3) is 0 Å². The van der Waals surface area contributed by atoms with E-state index in [0.717, 1.165) is 31.1 Å². The summed E-state index contributed by atoms with van der Waals surface area (Å²) in [7, 11) is 0. The molecule has 4 atom stereocenters. The van der Waals surface area contributed by atoms with Gasteiger partial charge in [0.05, 0.1) is 6.10 Å². The van der Waals surface area contributed by atoms with Crippen molar-refractivity contribution in [2.24, 2.45) is 11.8 Å². The lowest BCUT2D eigenvalue weighted by molar-refractivity contribution is 0.0500. The molecule has 2 heteroatoms. The molecule has 2 fully saturated rings. The molecule has 0 aromatic rings. The minimum absolute atomic E-state index is 0.0156. The fraction of sp³-hybridized carbons (Fsp3) is 1.00. The summed E-state index contributed by atoms with van der Waals surface area (Å²) in [5.41, 5.74) is 0. The monoisotopic (exact) mass is 188 g/mol. The highest BCUT2D eigenvalue weighted by atomic mass is 35.5. The molecule has 1 N–H and O–H groups in total. The Labute approximate surface area is 79.1 Å². The van der Waals surface area contributed by atoms with Gasteiger partial charge >= 0.3 is 0 Å². The second-order valence-electron chi connectivity index (χ2n) is 4.40. The van der Waals surface area contributed by atoms with Crippen LogP contribution in [-0.4, -0.2) is 16.6 Å². The van der Waals surface area contributed by atoms with Crippen LogP contribution in [0.5, 0.6) is 0 Å². The molecular weight excluding hydrogens is 172 g/mol. The zero-order valence-corrected chi connectivity index (χ0v) is 8.13. The Balaban J connectivity index is 1.94. The largest absolute Gasteiger partial charge is 0.393 e. The highest BCUT2D eigenvalue weighted by molar-refractivity contribution is 6.20. The smallest absolute Gasteiger partial charge is 0.0543 e. The van der Waals surface area contributed by atoms with Gasteiger partial charge in [0.25, 0.3) is 0 Å². The average Bonchev–Trinajstić information content (AvgIpc) is 2.05. The topological polar surface area (TPSA) is 20.2 Å². The molecule has 0 bridgehead atoms. The first-order valence-electron chi connectivity index (χ1n) is 5.08. The lowest BCUT2D eigenvalue weighted by Crippen LogP contribution is -2.33. The van der Waals surface area contributed by atoms with Crippen LogP contribution >= 0.6 is 11.6 Å². The van der Waals surface area contributed by atoms with Crippen LogP contribution in [0.4, 0.5) is 0 Å². The summed E-state index contributed by atoms with van der Waals surface area (Å²) in [5, 5.41) is 9.90. The lowest BCUT2D eigenvalue weighted by Gasteiger charge is -2.39. The molecule has 2 aliphatic carbocycles. The van der Waals surface area contributed by atoms with E-state index in [4.69, 9.17) is 11.6 Å². The maximum absolute atomic E-state index is 9.48. The van der Waals surface area contributed by atoms with Gasteiger partial charge in [0.2, 0.25) is 0 Å². The number of halogens is 1. The lowest BCUT2D eigenvalue weighted by atomic mass is 9.70. The summed E-state index contributed by atoms with van der Waals surface area (Å²) in [4.78, 5) is 0. The number of alkyl halides is 1. The van der Waals surface area contributed by atoms with Crippen molar-refractivity contribution in [1.29, 1.82) is 0 Å². The van der Waals surface area contributed by atoms with E-state index in [1.807, 2.05) is 0 Å². The van der Waals surface area contributed by atoms with Crippen molar-refractivity contribution in [2.45, 2.75) is 50.0 Å². The molecule has 0 aromatic carbocycles. The second kappa shape index (κ2) is 3.55. The number of fused-ring (bicyclic) bond motifs is 1. The van der Waals surface area contributed by atoms with Gasteiger partial charge in [0.1, 0.15) is 0 Å². The summed E-state index contributed by atoms with van der Waals surface area (Å²) in [6.07, 6.45) is 6.83. The Morgan fingerprint density at radius 2 is 1.58 bits per heavy atom. The Kier molecular flexibility index (Phi) is 2.61. The van der Waals surface area contributed by atoms with Crippen LogP contribution < -0.4 is 0 Å². The van der Waals surface area contributed by atoms with Gasteiger partial charge in [-0.2, -0.15) is 0 Å². The fourth-order valence-corrected chi connectivity index (χ4v) is 3.16. The van der Waals surface area contributed by atoms with E-state index < -0.39 is 0 Å². The molecule has 2 rings (SSSR count). The molecular formula is C10H17ClO. The van der Waals surface area contributed by atoms with Crippen LogP contribution in [0.15, 0.2) is 0 Å². The number of aliphatic hydroxyl groups is 1. The van der Waals surface area contributed by atoms with Gasteiger partial charge in [0, 0.05) is 5.38 Å². The number of rotatable bonds is 0. The van der Waals surface area contributed by atoms with E-state index in [2.05, 4.69) is 0 Å². The highest BCUT2D eigenvalue weighted by Gasteiger charge is 2.34. The van der Waals surface area contributed by atoms with Crippen molar-refractivity contribution in [2.75, 3.05) is 0 Å². The van der Waals surface area contributed by atoms with Crippen LogP contribution in [0.2, 0.25) is 0 Å². The molecule has 1 nitrogen and oxygen atoms in total. The Bertz CT molecular complexity index is 142. The molecule has 12 heavy (non-hydrogen) atoms. The second-order valence-corrected chi connectivity index (χ2v) is 5.01. The Morgan fingerprint density at radius 3 is 2.42 bits per heavy atom. The highest BCUT2D eigenvalue weighted by Crippen LogP contribution is 2.41. The SMILES string of the molecule is O[C@H]1CCC2C[C@H](Cl)CCC2C1. The van der Waals surface area contributed by atoms with Crippen molar-refractivity contribution >= 4 is 11.6 Å². The Hall–Kier alpha value is 0.250. The van der Waals surface area contributed by atoms with E-state index in [9.17, 15) is 5.11 Å². The van der Waals surface area contributed by atoms with Crippen LogP contribution in [-0.2, 0) is 0 Å². The normalized spacial score (nSPS) is 48.5. The molecule has 0 radical (unpaired) electrons. The van der Waals surface area contributed by atoms with Gasteiger partial charge < -0.3 is 5.11 Å². The molecule has 0 amide bonds. The Morgan fingerprint density at radius 1 is 0.917 bits per heavy atom. The average molecular weight is 189 g/mol. The third-order valence-electron chi connectivity index (χ3n) is 3.52. The first kappa shape index (κ1) is 8.83. The van der Waals surface area contributed by atoms with Crippen molar-refractivity contribution in [1.82, 2.24) is 0 Å².